The van der Waals surface area contributed by atoms with Crippen molar-refractivity contribution in [2.75, 3.05) is 45.8 Å². The van der Waals surface area contributed by atoms with E-state index < -0.39 is 0 Å². The Hall–Kier alpha value is -1.43. The van der Waals surface area contributed by atoms with Crippen molar-refractivity contribution in [1.29, 1.82) is 0 Å². The average Bonchev–Trinajstić information content (AvgIpc) is 2.72. The highest BCUT2D eigenvalue weighted by Crippen LogP contribution is 2.22. The van der Waals surface area contributed by atoms with E-state index in [0.29, 0.717) is 12.3 Å². The summed E-state index contributed by atoms with van der Waals surface area (Å²) in [6.45, 7) is 10.5. The number of ketones is 1. The maximum absolute atomic E-state index is 12.8. The summed E-state index contributed by atoms with van der Waals surface area (Å²) in [5.74, 6) is 1.30. The van der Waals surface area contributed by atoms with Crippen molar-refractivity contribution in [1.82, 2.24) is 15.1 Å². The van der Waals surface area contributed by atoms with E-state index in [1.165, 1.54) is 5.56 Å². The second-order valence-electron chi connectivity index (χ2n) is 8.66. The minimum absolute atomic E-state index is 0. The number of Topliss-reactive ketones (excluding diaryl/α,β-unsaturated/α-hetero) is 1. The summed E-state index contributed by atoms with van der Waals surface area (Å²) < 4.78 is 0. The van der Waals surface area contributed by atoms with E-state index in [2.05, 4.69) is 36.2 Å². The van der Waals surface area contributed by atoms with Crippen LogP contribution in [0.2, 0.25) is 0 Å². The van der Waals surface area contributed by atoms with Gasteiger partial charge in [-0.2, -0.15) is 0 Å². The van der Waals surface area contributed by atoms with Gasteiger partial charge in [-0.15, -0.1) is 12.4 Å². The molecule has 1 aromatic rings. The second kappa shape index (κ2) is 11.7. The Morgan fingerprint density at radius 2 is 1.66 bits per heavy atom. The molecule has 2 aliphatic heterocycles. The van der Waals surface area contributed by atoms with Gasteiger partial charge in [-0.3, -0.25) is 9.59 Å². The summed E-state index contributed by atoms with van der Waals surface area (Å²) in [5.41, 5.74) is 2.15. The standard InChI is InChI=1S/C23H35N3O2.ClH/c1-18(2)17-19-3-5-20(6-4-19)23(28)21-7-12-25(13-8-21)14-9-22(27)26-15-10-24-11-16-26;/h3-6,18,21,24H,7-17H2,1-2H3;1H. The van der Waals surface area contributed by atoms with Gasteiger partial charge >= 0.3 is 0 Å². The van der Waals surface area contributed by atoms with E-state index in [0.717, 1.165) is 70.6 Å². The second-order valence-corrected chi connectivity index (χ2v) is 8.66. The molecule has 0 aromatic heterocycles. The van der Waals surface area contributed by atoms with Crippen molar-refractivity contribution in [2.24, 2.45) is 11.8 Å². The number of likely N-dealkylation sites (tertiary alicyclic amines) is 1. The molecular weight excluding hydrogens is 386 g/mol. The van der Waals surface area contributed by atoms with Crippen molar-refractivity contribution in [3.8, 4) is 0 Å². The van der Waals surface area contributed by atoms with Crippen molar-refractivity contribution >= 4 is 24.1 Å². The van der Waals surface area contributed by atoms with Crippen LogP contribution in [0.15, 0.2) is 24.3 Å². The van der Waals surface area contributed by atoms with Crippen LogP contribution in [0, 0.1) is 11.8 Å². The normalized spacial score (nSPS) is 18.5. The van der Waals surface area contributed by atoms with E-state index in [-0.39, 0.29) is 30.0 Å². The molecule has 29 heavy (non-hydrogen) atoms. The highest BCUT2D eigenvalue weighted by molar-refractivity contribution is 5.97. The summed E-state index contributed by atoms with van der Waals surface area (Å²) in [6, 6.07) is 8.20. The number of carbonyl (C=O) groups excluding carboxylic acids is 2. The molecule has 1 amide bonds. The Bertz CT molecular complexity index is 649. The molecule has 3 rings (SSSR count). The van der Waals surface area contributed by atoms with Gasteiger partial charge in [0, 0.05) is 50.6 Å². The van der Waals surface area contributed by atoms with Crippen LogP contribution in [-0.4, -0.2) is 67.3 Å². The number of halogens is 1. The first-order chi connectivity index (χ1) is 13.5. The van der Waals surface area contributed by atoms with Crippen LogP contribution in [0.4, 0.5) is 0 Å². The molecule has 162 valence electrons. The van der Waals surface area contributed by atoms with Crippen LogP contribution in [0.5, 0.6) is 0 Å². The van der Waals surface area contributed by atoms with Crippen molar-refractivity contribution < 1.29 is 9.59 Å². The van der Waals surface area contributed by atoms with Crippen LogP contribution in [-0.2, 0) is 11.2 Å². The van der Waals surface area contributed by atoms with E-state index in [4.69, 9.17) is 0 Å². The fourth-order valence-corrected chi connectivity index (χ4v) is 4.26. The smallest absolute Gasteiger partial charge is 0.223 e. The topological polar surface area (TPSA) is 52.7 Å². The van der Waals surface area contributed by atoms with Gasteiger partial charge in [0.2, 0.25) is 5.91 Å². The fraction of sp³-hybridized carbons (Fsp3) is 0.652. The zero-order valence-corrected chi connectivity index (χ0v) is 18.7. The van der Waals surface area contributed by atoms with Gasteiger partial charge in [-0.25, -0.2) is 0 Å². The van der Waals surface area contributed by atoms with Crippen LogP contribution < -0.4 is 5.32 Å². The summed E-state index contributed by atoms with van der Waals surface area (Å²) in [6.07, 6.45) is 3.44. The Balaban J connectivity index is 0.00000300. The molecule has 0 unspecified atom stereocenters. The first-order valence-corrected chi connectivity index (χ1v) is 10.9. The predicted octanol–water partition coefficient (Wildman–Crippen LogP) is 3.02. The molecule has 0 bridgehead atoms. The summed E-state index contributed by atoms with van der Waals surface area (Å²) in [4.78, 5) is 29.4. The largest absolute Gasteiger partial charge is 0.340 e. The van der Waals surface area contributed by atoms with Gasteiger partial charge < -0.3 is 15.1 Å². The van der Waals surface area contributed by atoms with Crippen molar-refractivity contribution in [3.63, 3.8) is 0 Å². The third kappa shape index (κ3) is 7.09. The highest BCUT2D eigenvalue weighted by atomic mass is 35.5. The molecule has 2 fully saturated rings. The maximum Gasteiger partial charge on any atom is 0.223 e. The minimum Gasteiger partial charge on any atom is -0.340 e. The quantitative estimate of drug-likeness (QED) is 0.687. The molecule has 1 aromatic carbocycles. The Morgan fingerprint density at radius 1 is 1.03 bits per heavy atom. The van der Waals surface area contributed by atoms with Gasteiger partial charge in [0.05, 0.1) is 0 Å². The lowest BCUT2D eigenvalue weighted by atomic mass is 9.88. The molecular formula is C23H36ClN3O2. The predicted molar refractivity (Wildman–Crippen MR) is 120 cm³/mol. The number of nitrogens with one attached hydrogen (secondary N) is 1. The first kappa shape index (κ1) is 23.8. The number of rotatable bonds is 7. The summed E-state index contributed by atoms with van der Waals surface area (Å²) in [7, 11) is 0. The molecule has 0 radical (unpaired) electrons. The molecule has 2 heterocycles. The lowest BCUT2D eigenvalue weighted by Gasteiger charge is -2.32. The third-order valence-electron chi connectivity index (χ3n) is 5.95. The Morgan fingerprint density at radius 3 is 2.24 bits per heavy atom. The maximum atomic E-state index is 12.8. The zero-order chi connectivity index (χ0) is 19.9. The highest BCUT2D eigenvalue weighted by Gasteiger charge is 2.26. The van der Waals surface area contributed by atoms with Gasteiger partial charge in [-0.05, 0) is 43.8 Å². The van der Waals surface area contributed by atoms with Crippen molar-refractivity contribution in [2.45, 2.75) is 39.5 Å². The van der Waals surface area contributed by atoms with E-state index in [9.17, 15) is 9.59 Å². The molecule has 6 heteroatoms. The molecule has 0 spiro atoms. The summed E-state index contributed by atoms with van der Waals surface area (Å²) >= 11 is 0. The van der Waals surface area contributed by atoms with Crippen LogP contribution in [0.25, 0.3) is 0 Å². The molecule has 5 nitrogen and oxygen atoms in total. The van der Waals surface area contributed by atoms with E-state index in [1.54, 1.807) is 0 Å². The average molecular weight is 422 g/mol. The lowest BCUT2D eigenvalue weighted by Crippen LogP contribution is -2.47. The zero-order valence-electron chi connectivity index (χ0n) is 17.9. The number of piperazine rings is 1. The molecule has 0 aliphatic carbocycles. The van der Waals surface area contributed by atoms with Crippen LogP contribution in [0.1, 0.15) is 49.0 Å². The molecule has 2 saturated heterocycles. The number of hydrogen-bond donors (Lipinski definition) is 1. The van der Waals surface area contributed by atoms with Gasteiger partial charge in [-0.1, -0.05) is 38.1 Å². The Kier molecular flexibility index (Phi) is 9.60. The first-order valence-electron chi connectivity index (χ1n) is 10.9. The number of piperidine rings is 1. The van der Waals surface area contributed by atoms with Crippen LogP contribution in [0.3, 0.4) is 0 Å². The SMILES string of the molecule is CC(C)Cc1ccc(C(=O)C2CCN(CCC(=O)N3CCNCC3)CC2)cc1.Cl. The number of hydrogen-bond acceptors (Lipinski definition) is 4. The van der Waals surface area contributed by atoms with Gasteiger partial charge in [0.15, 0.2) is 5.78 Å². The van der Waals surface area contributed by atoms with Crippen molar-refractivity contribution in [3.05, 3.63) is 35.4 Å². The monoisotopic (exact) mass is 421 g/mol. The molecule has 0 atom stereocenters. The lowest BCUT2D eigenvalue weighted by molar-refractivity contribution is -0.132. The van der Waals surface area contributed by atoms with E-state index in [1.807, 2.05) is 17.0 Å². The van der Waals surface area contributed by atoms with E-state index >= 15 is 0 Å². The van der Waals surface area contributed by atoms with Crippen LogP contribution >= 0.6 is 12.4 Å². The molecule has 2 aliphatic rings. The number of benzene rings is 1. The fourth-order valence-electron chi connectivity index (χ4n) is 4.26. The minimum atomic E-state index is 0. The Labute approximate surface area is 181 Å². The van der Waals surface area contributed by atoms with Gasteiger partial charge in [0.1, 0.15) is 0 Å². The third-order valence-corrected chi connectivity index (χ3v) is 5.95. The number of amides is 1. The number of nitrogens with zero attached hydrogens (tertiary/aromatic N) is 2. The van der Waals surface area contributed by atoms with Gasteiger partial charge in [0.25, 0.3) is 0 Å². The molecule has 0 saturated carbocycles. The molecule has 1 N–H and O–H groups in total. The number of carbonyl (C=O) groups is 2. The summed E-state index contributed by atoms with van der Waals surface area (Å²) in [5, 5.41) is 3.28.